The second-order valence-electron chi connectivity index (χ2n) is 5.98. The van der Waals surface area contributed by atoms with Gasteiger partial charge >= 0.3 is 12.2 Å². The summed E-state index contributed by atoms with van der Waals surface area (Å²) in [5.74, 6) is 0.429. The van der Waals surface area contributed by atoms with Gasteiger partial charge in [0.05, 0.1) is 12.7 Å². The topological polar surface area (TPSA) is 70.6 Å². The van der Waals surface area contributed by atoms with Gasteiger partial charge in [0.2, 0.25) is 0 Å². The predicted octanol–water partition coefficient (Wildman–Crippen LogP) is 2.90. The Morgan fingerprint density at radius 3 is 2.42 bits per heavy atom. The molecule has 1 aromatic carbocycles. The number of nitrogens with one attached hydrogen (secondary N) is 2. The molecule has 24 heavy (non-hydrogen) atoms. The van der Waals surface area contributed by atoms with E-state index in [1.165, 1.54) is 31.4 Å². The van der Waals surface area contributed by atoms with Crippen molar-refractivity contribution < 1.29 is 27.8 Å². The van der Waals surface area contributed by atoms with E-state index in [-0.39, 0.29) is 12.1 Å². The van der Waals surface area contributed by atoms with Gasteiger partial charge in [0.15, 0.2) is 6.04 Å². The maximum absolute atomic E-state index is 13.2. The SMILES string of the molecule is COc1ccc(C(NC(=O)NCCC2(O)CCC2)C(F)(F)F)cc1. The third kappa shape index (κ3) is 4.77. The molecular weight excluding hydrogens is 325 g/mol. The van der Waals surface area contributed by atoms with E-state index in [0.717, 1.165) is 6.42 Å². The average molecular weight is 346 g/mol. The fraction of sp³-hybridized carbons (Fsp3) is 0.562. The molecule has 1 atom stereocenters. The van der Waals surface area contributed by atoms with Crippen molar-refractivity contribution >= 4 is 6.03 Å². The molecule has 0 radical (unpaired) electrons. The summed E-state index contributed by atoms with van der Waals surface area (Å²) in [7, 11) is 1.41. The molecule has 2 amide bonds. The first-order chi connectivity index (χ1) is 11.2. The van der Waals surface area contributed by atoms with Gasteiger partial charge in [-0.2, -0.15) is 13.2 Å². The van der Waals surface area contributed by atoms with Crippen molar-refractivity contribution in [1.82, 2.24) is 10.6 Å². The summed E-state index contributed by atoms with van der Waals surface area (Å²) in [6.07, 6.45) is -2.05. The van der Waals surface area contributed by atoms with Crippen LogP contribution >= 0.6 is 0 Å². The standard InChI is InChI=1S/C16H21F3N2O3/c1-24-12-5-3-11(4-6-12)13(16(17,18)19)21-14(22)20-10-9-15(23)7-2-8-15/h3-6,13,23H,2,7-10H2,1H3,(H2,20,21,22). The van der Waals surface area contributed by atoms with Crippen LogP contribution in [-0.4, -0.2) is 36.6 Å². The van der Waals surface area contributed by atoms with Gasteiger partial charge in [-0.05, 0) is 43.4 Å². The van der Waals surface area contributed by atoms with Crippen LogP contribution in [0.2, 0.25) is 0 Å². The molecule has 0 heterocycles. The Bertz CT molecular complexity index is 557. The molecule has 1 aliphatic carbocycles. The second-order valence-corrected chi connectivity index (χ2v) is 5.98. The van der Waals surface area contributed by atoms with Gasteiger partial charge in [-0.1, -0.05) is 12.1 Å². The van der Waals surface area contributed by atoms with E-state index in [0.29, 0.717) is 25.0 Å². The zero-order valence-corrected chi connectivity index (χ0v) is 13.3. The summed E-state index contributed by atoms with van der Waals surface area (Å²) in [6, 6.07) is 2.29. The number of amides is 2. The maximum Gasteiger partial charge on any atom is 0.412 e. The minimum absolute atomic E-state index is 0.0870. The van der Waals surface area contributed by atoms with E-state index < -0.39 is 23.9 Å². The number of hydrogen-bond donors (Lipinski definition) is 3. The van der Waals surface area contributed by atoms with E-state index in [2.05, 4.69) is 5.32 Å². The third-order valence-electron chi connectivity index (χ3n) is 4.21. The van der Waals surface area contributed by atoms with E-state index in [9.17, 15) is 23.1 Å². The zero-order valence-electron chi connectivity index (χ0n) is 13.3. The van der Waals surface area contributed by atoms with Crippen molar-refractivity contribution in [2.45, 2.75) is 43.5 Å². The largest absolute Gasteiger partial charge is 0.497 e. The molecule has 5 nitrogen and oxygen atoms in total. The number of rotatable bonds is 6. The number of methoxy groups -OCH3 is 1. The van der Waals surface area contributed by atoms with Crippen molar-refractivity contribution in [1.29, 1.82) is 0 Å². The number of halogens is 3. The second kappa shape index (κ2) is 7.29. The number of ether oxygens (including phenoxy) is 1. The van der Waals surface area contributed by atoms with E-state index in [1.54, 1.807) is 0 Å². The highest BCUT2D eigenvalue weighted by atomic mass is 19.4. The highest BCUT2D eigenvalue weighted by Crippen LogP contribution is 2.34. The summed E-state index contributed by atoms with van der Waals surface area (Å²) in [5, 5.41) is 14.2. The van der Waals surface area contributed by atoms with Crippen molar-refractivity contribution in [3.05, 3.63) is 29.8 Å². The first-order valence-corrected chi connectivity index (χ1v) is 7.71. The molecule has 1 fully saturated rings. The van der Waals surface area contributed by atoms with Crippen LogP contribution in [0.3, 0.4) is 0 Å². The molecule has 0 spiro atoms. The fourth-order valence-electron chi connectivity index (χ4n) is 2.58. The molecule has 8 heteroatoms. The van der Waals surface area contributed by atoms with Gasteiger partial charge in [-0.25, -0.2) is 4.79 Å². The molecule has 0 aliphatic heterocycles. The lowest BCUT2D eigenvalue weighted by atomic mass is 9.78. The van der Waals surface area contributed by atoms with E-state index in [4.69, 9.17) is 4.74 Å². The Hall–Kier alpha value is -1.96. The molecule has 1 aromatic rings. The summed E-state index contributed by atoms with van der Waals surface area (Å²) < 4.78 is 44.5. The van der Waals surface area contributed by atoms with Crippen molar-refractivity contribution in [2.24, 2.45) is 0 Å². The van der Waals surface area contributed by atoms with Crippen LogP contribution in [0.15, 0.2) is 24.3 Å². The molecule has 0 bridgehead atoms. The van der Waals surface area contributed by atoms with Crippen LogP contribution in [-0.2, 0) is 0 Å². The van der Waals surface area contributed by atoms with Crippen LogP contribution in [0.25, 0.3) is 0 Å². The lowest BCUT2D eigenvalue weighted by Crippen LogP contribution is -2.46. The van der Waals surface area contributed by atoms with Crippen molar-refractivity contribution in [3.63, 3.8) is 0 Å². The Morgan fingerprint density at radius 1 is 1.33 bits per heavy atom. The molecule has 1 aliphatic rings. The minimum Gasteiger partial charge on any atom is -0.497 e. The molecule has 134 valence electrons. The van der Waals surface area contributed by atoms with Crippen molar-refractivity contribution in [2.75, 3.05) is 13.7 Å². The van der Waals surface area contributed by atoms with Crippen LogP contribution in [0.1, 0.15) is 37.3 Å². The molecule has 0 aromatic heterocycles. The minimum atomic E-state index is -4.63. The first kappa shape index (κ1) is 18.4. The molecule has 1 unspecified atom stereocenters. The Labute approximate surface area is 138 Å². The lowest BCUT2D eigenvalue weighted by molar-refractivity contribution is -0.155. The molecule has 1 saturated carbocycles. The van der Waals surface area contributed by atoms with Gasteiger partial charge < -0.3 is 20.5 Å². The Balaban J connectivity index is 1.93. The normalized spacial score (nSPS) is 17.5. The fourth-order valence-corrected chi connectivity index (χ4v) is 2.58. The predicted molar refractivity (Wildman–Crippen MR) is 81.7 cm³/mol. The molecular formula is C16H21F3N2O3. The third-order valence-corrected chi connectivity index (χ3v) is 4.21. The van der Waals surface area contributed by atoms with Gasteiger partial charge in [-0.3, -0.25) is 0 Å². The number of aliphatic hydroxyl groups is 1. The molecule has 3 N–H and O–H groups in total. The van der Waals surface area contributed by atoms with Crippen LogP contribution in [0.4, 0.5) is 18.0 Å². The quantitative estimate of drug-likeness (QED) is 0.742. The van der Waals surface area contributed by atoms with Crippen LogP contribution < -0.4 is 15.4 Å². The summed E-state index contributed by atoms with van der Waals surface area (Å²) >= 11 is 0. The number of hydrogen-bond acceptors (Lipinski definition) is 3. The van der Waals surface area contributed by atoms with Crippen LogP contribution in [0, 0.1) is 0 Å². The highest BCUT2D eigenvalue weighted by molar-refractivity contribution is 5.74. The van der Waals surface area contributed by atoms with Gasteiger partial charge in [-0.15, -0.1) is 0 Å². The van der Waals surface area contributed by atoms with Gasteiger partial charge in [0, 0.05) is 6.54 Å². The number of urea groups is 1. The first-order valence-electron chi connectivity index (χ1n) is 7.71. The monoisotopic (exact) mass is 346 g/mol. The van der Waals surface area contributed by atoms with E-state index >= 15 is 0 Å². The van der Waals surface area contributed by atoms with E-state index in [1.807, 2.05) is 5.32 Å². The Kier molecular flexibility index (Phi) is 5.58. The highest BCUT2D eigenvalue weighted by Gasteiger charge is 2.42. The number of benzene rings is 1. The number of carbonyl (C=O) groups excluding carboxylic acids is 1. The molecule has 0 saturated heterocycles. The summed E-state index contributed by atoms with van der Waals surface area (Å²) in [5.41, 5.74) is -0.872. The smallest absolute Gasteiger partial charge is 0.412 e. The number of carbonyl (C=O) groups is 1. The van der Waals surface area contributed by atoms with Crippen molar-refractivity contribution in [3.8, 4) is 5.75 Å². The van der Waals surface area contributed by atoms with Gasteiger partial charge in [0.1, 0.15) is 5.75 Å². The number of alkyl halides is 3. The van der Waals surface area contributed by atoms with Gasteiger partial charge in [0.25, 0.3) is 0 Å². The lowest BCUT2D eigenvalue weighted by Gasteiger charge is -2.36. The molecule has 2 rings (SSSR count). The zero-order chi connectivity index (χ0) is 17.8. The Morgan fingerprint density at radius 2 is 1.96 bits per heavy atom. The summed E-state index contributed by atoms with van der Waals surface area (Å²) in [6.45, 7) is 0.121. The maximum atomic E-state index is 13.2. The van der Waals surface area contributed by atoms with Crippen LogP contribution in [0.5, 0.6) is 5.75 Å². The summed E-state index contributed by atoms with van der Waals surface area (Å²) in [4.78, 5) is 11.8. The average Bonchev–Trinajstić information content (AvgIpc) is 2.50.